The van der Waals surface area contributed by atoms with Crippen molar-refractivity contribution in [2.24, 2.45) is 17.6 Å². The predicted octanol–water partition coefficient (Wildman–Crippen LogP) is 2.31. The molecule has 2 rings (SSSR count). The maximum Gasteiger partial charge on any atom is 0.0897 e. The number of hydrogen-bond acceptors (Lipinski definition) is 4. The molecule has 1 heterocycles. The van der Waals surface area contributed by atoms with E-state index in [-0.39, 0.29) is 0 Å². The molecule has 3 nitrogen and oxygen atoms in total. The quantitative estimate of drug-likeness (QED) is 0.846. The first-order chi connectivity index (χ1) is 8.29. The van der Waals surface area contributed by atoms with Gasteiger partial charge in [0, 0.05) is 17.6 Å². The van der Waals surface area contributed by atoms with Crippen molar-refractivity contribution in [3.63, 3.8) is 0 Å². The van der Waals surface area contributed by atoms with Gasteiger partial charge in [-0.3, -0.25) is 0 Å². The summed E-state index contributed by atoms with van der Waals surface area (Å²) in [6.07, 6.45) is 7.39. The van der Waals surface area contributed by atoms with Gasteiger partial charge in [-0.15, -0.1) is 11.3 Å². The first-order valence-corrected chi connectivity index (χ1v) is 7.43. The number of nitrogens with zero attached hydrogens (tertiary/aromatic N) is 1. The molecule has 1 aromatic heterocycles. The van der Waals surface area contributed by atoms with E-state index in [1.54, 1.807) is 11.3 Å². The Morgan fingerprint density at radius 2 is 2.18 bits per heavy atom. The van der Waals surface area contributed by atoms with Gasteiger partial charge in [-0.2, -0.15) is 0 Å². The number of nitrogens with two attached hydrogens (primary N) is 1. The van der Waals surface area contributed by atoms with Gasteiger partial charge < -0.3 is 11.1 Å². The first-order valence-electron chi connectivity index (χ1n) is 6.61. The van der Waals surface area contributed by atoms with Crippen LogP contribution in [0.5, 0.6) is 0 Å². The summed E-state index contributed by atoms with van der Waals surface area (Å²) in [5, 5.41) is 4.72. The number of nitrogens with one attached hydrogen (secondary N) is 1. The Kier molecular flexibility index (Phi) is 4.95. The minimum absolute atomic E-state index is 0.736. The second kappa shape index (κ2) is 6.47. The molecule has 0 spiro atoms. The summed E-state index contributed by atoms with van der Waals surface area (Å²) in [6.45, 7) is 4.98. The minimum Gasteiger partial charge on any atom is -0.330 e. The monoisotopic (exact) mass is 253 g/mol. The second-order valence-corrected chi connectivity index (χ2v) is 6.34. The van der Waals surface area contributed by atoms with E-state index in [2.05, 4.69) is 17.2 Å². The number of hydrogen-bond donors (Lipinski definition) is 2. The zero-order valence-electron chi connectivity index (χ0n) is 10.6. The molecule has 2 atom stereocenters. The SMILES string of the molecule is Cc1ncc(CNCC2CCCCC2CN)s1. The largest absolute Gasteiger partial charge is 0.330 e. The predicted molar refractivity (Wildman–Crippen MR) is 73.1 cm³/mol. The molecule has 0 radical (unpaired) electrons. The van der Waals surface area contributed by atoms with Gasteiger partial charge in [-0.05, 0) is 44.7 Å². The topological polar surface area (TPSA) is 50.9 Å². The van der Waals surface area contributed by atoms with Gasteiger partial charge in [-0.25, -0.2) is 4.98 Å². The summed E-state index contributed by atoms with van der Waals surface area (Å²) < 4.78 is 0. The third kappa shape index (κ3) is 3.76. The summed E-state index contributed by atoms with van der Waals surface area (Å²) in [5.74, 6) is 1.52. The van der Waals surface area contributed by atoms with Crippen molar-refractivity contribution in [1.29, 1.82) is 0 Å². The summed E-state index contributed by atoms with van der Waals surface area (Å²) in [5.41, 5.74) is 5.84. The van der Waals surface area contributed by atoms with Crippen LogP contribution in [0.2, 0.25) is 0 Å². The fraction of sp³-hybridized carbons (Fsp3) is 0.769. The van der Waals surface area contributed by atoms with E-state index in [1.165, 1.54) is 30.6 Å². The van der Waals surface area contributed by atoms with Crippen LogP contribution >= 0.6 is 11.3 Å². The van der Waals surface area contributed by atoms with Crippen LogP contribution in [0.3, 0.4) is 0 Å². The molecule has 0 saturated heterocycles. The maximum atomic E-state index is 5.84. The lowest BCUT2D eigenvalue weighted by molar-refractivity contribution is 0.236. The van der Waals surface area contributed by atoms with Crippen LogP contribution in [0.4, 0.5) is 0 Å². The van der Waals surface area contributed by atoms with E-state index >= 15 is 0 Å². The molecular weight excluding hydrogens is 230 g/mol. The average Bonchev–Trinajstić information content (AvgIpc) is 2.76. The summed E-state index contributed by atoms with van der Waals surface area (Å²) in [6, 6.07) is 0. The molecule has 17 heavy (non-hydrogen) atoms. The highest BCUT2D eigenvalue weighted by molar-refractivity contribution is 7.11. The van der Waals surface area contributed by atoms with Crippen LogP contribution in [0.25, 0.3) is 0 Å². The average molecular weight is 253 g/mol. The van der Waals surface area contributed by atoms with Crippen LogP contribution in [-0.2, 0) is 6.54 Å². The number of thiazole rings is 1. The summed E-state index contributed by atoms with van der Waals surface area (Å²) in [4.78, 5) is 5.61. The molecule has 4 heteroatoms. The van der Waals surface area contributed by atoms with Crippen molar-refractivity contribution in [2.45, 2.75) is 39.2 Å². The second-order valence-electron chi connectivity index (χ2n) is 5.02. The third-order valence-corrected chi connectivity index (χ3v) is 4.66. The molecular formula is C13H23N3S. The fourth-order valence-corrected chi connectivity index (χ4v) is 3.50. The highest BCUT2D eigenvalue weighted by Gasteiger charge is 2.23. The zero-order chi connectivity index (χ0) is 12.1. The maximum absolute atomic E-state index is 5.84. The zero-order valence-corrected chi connectivity index (χ0v) is 11.4. The lowest BCUT2D eigenvalue weighted by Crippen LogP contribution is -2.34. The fourth-order valence-electron chi connectivity index (χ4n) is 2.73. The summed E-state index contributed by atoms with van der Waals surface area (Å²) >= 11 is 1.78. The number of aryl methyl sites for hydroxylation is 1. The normalized spacial score (nSPS) is 25.1. The van der Waals surface area contributed by atoms with Gasteiger partial charge in [0.25, 0.3) is 0 Å². The van der Waals surface area contributed by atoms with Crippen LogP contribution < -0.4 is 11.1 Å². The molecule has 1 aromatic rings. The van der Waals surface area contributed by atoms with Crippen molar-refractivity contribution in [3.8, 4) is 0 Å². The lowest BCUT2D eigenvalue weighted by Gasteiger charge is -2.30. The molecule has 1 aliphatic rings. The Labute approximate surface area is 108 Å². The van der Waals surface area contributed by atoms with Crippen LogP contribution in [0.1, 0.15) is 35.6 Å². The van der Waals surface area contributed by atoms with Crippen molar-refractivity contribution in [3.05, 3.63) is 16.1 Å². The molecule has 0 amide bonds. The molecule has 0 aromatic carbocycles. The molecule has 1 saturated carbocycles. The standard InChI is InChI=1S/C13H23N3S/c1-10-16-9-13(17-10)8-15-7-12-5-3-2-4-11(12)6-14/h9,11-12,15H,2-8,14H2,1H3. The van der Waals surface area contributed by atoms with Crippen molar-refractivity contribution >= 4 is 11.3 Å². The van der Waals surface area contributed by atoms with Gasteiger partial charge in [0.1, 0.15) is 0 Å². The van der Waals surface area contributed by atoms with E-state index in [0.29, 0.717) is 0 Å². The Morgan fingerprint density at radius 1 is 1.41 bits per heavy atom. The van der Waals surface area contributed by atoms with Crippen LogP contribution in [-0.4, -0.2) is 18.1 Å². The molecule has 96 valence electrons. The van der Waals surface area contributed by atoms with Crippen LogP contribution in [0.15, 0.2) is 6.20 Å². The van der Waals surface area contributed by atoms with Gasteiger partial charge >= 0.3 is 0 Å². The smallest absolute Gasteiger partial charge is 0.0897 e. The molecule has 0 bridgehead atoms. The molecule has 1 fully saturated rings. The van der Waals surface area contributed by atoms with Crippen LogP contribution in [0, 0.1) is 18.8 Å². The highest BCUT2D eigenvalue weighted by atomic mass is 32.1. The van der Waals surface area contributed by atoms with E-state index < -0.39 is 0 Å². The molecule has 3 N–H and O–H groups in total. The van der Waals surface area contributed by atoms with Gasteiger partial charge in [0.2, 0.25) is 0 Å². The molecule has 1 aliphatic carbocycles. The Morgan fingerprint density at radius 3 is 2.82 bits per heavy atom. The van der Waals surface area contributed by atoms with Gasteiger partial charge in [-0.1, -0.05) is 12.8 Å². The molecule has 0 aliphatic heterocycles. The lowest BCUT2D eigenvalue weighted by atomic mass is 9.79. The van der Waals surface area contributed by atoms with Crippen molar-refractivity contribution in [1.82, 2.24) is 10.3 Å². The summed E-state index contributed by atoms with van der Waals surface area (Å²) in [7, 11) is 0. The number of aromatic nitrogens is 1. The first kappa shape index (κ1) is 13.0. The number of rotatable bonds is 5. The molecule has 2 unspecified atom stereocenters. The van der Waals surface area contributed by atoms with Gasteiger partial charge in [0.15, 0.2) is 0 Å². The highest BCUT2D eigenvalue weighted by Crippen LogP contribution is 2.28. The van der Waals surface area contributed by atoms with E-state index in [4.69, 9.17) is 5.73 Å². The van der Waals surface area contributed by atoms with Crippen molar-refractivity contribution < 1.29 is 0 Å². The Bertz CT molecular complexity index is 337. The van der Waals surface area contributed by atoms with E-state index in [1.807, 2.05) is 6.20 Å². The van der Waals surface area contributed by atoms with E-state index in [9.17, 15) is 0 Å². The van der Waals surface area contributed by atoms with Crippen molar-refractivity contribution in [2.75, 3.05) is 13.1 Å². The minimum atomic E-state index is 0.736. The third-order valence-electron chi connectivity index (χ3n) is 3.74. The van der Waals surface area contributed by atoms with Gasteiger partial charge in [0.05, 0.1) is 5.01 Å². The Balaban J connectivity index is 1.73. The Hall–Kier alpha value is -0.450. The van der Waals surface area contributed by atoms with E-state index in [0.717, 1.165) is 36.5 Å².